The summed E-state index contributed by atoms with van der Waals surface area (Å²) in [5.74, 6) is -1.20. The molecule has 1 saturated heterocycles. The highest BCUT2D eigenvalue weighted by Crippen LogP contribution is 2.29. The van der Waals surface area contributed by atoms with E-state index in [0.717, 1.165) is 13.1 Å². The summed E-state index contributed by atoms with van der Waals surface area (Å²) < 4.78 is 5.15. The van der Waals surface area contributed by atoms with Gasteiger partial charge < -0.3 is 20.5 Å². The van der Waals surface area contributed by atoms with Crippen molar-refractivity contribution in [2.75, 3.05) is 26.8 Å². The molecule has 0 saturated carbocycles. The zero-order valence-corrected chi connectivity index (χ0v) is 11.0. The van der Waals surface area contributed by atoms with Crippen LogP contribution in [0.1, 0.15) is 26.2 Å². The lowest BCUT2D eigenvalue weighted by Gasteiger charge is -2.36. The van der Waals surface area contributed by atoms with Crippen molar-refractivity contribution in [3.05, 3.63) is 0 Å². The van der Waals surface area contributed by atoms with E-state index in [1.165, 1.54) is 0 Å². The van der Waals surface area contributed by atoms with Crippen LogP contribution in [-0.2, 0) is 14.3 Å². The Balaban J connectivity index is 2.73. The molecule has 0 aromatic carbocycles. The van der Waals surface area contributed by atoms with Crippen LogP contribution in [0.25, 0.3) is 0 Å². The molecule has 0 radical (unpaired) electrons. The van der Waals surface area contributed by atoms with Crippen LogP contribution in [0, 0.1) is 5.41 Å². The van der Waals surface area contributed by atoms with Crippen LogP contribution >= 0.6 is 0 Å². The first-order chi connectivity index (χ1) is 8.55. The minimum absolute atomic E-state index is 0.208. The maximum atomic E-state index is 12.3. The number of carboxylic acids is 1. The largest absolute Gasteiger partial charge is 0.480 e. The van der Waals surface area contributed by atoms with Crippen LogP contribution in [0.2, 0.25) is 0 Å². The number of nitrogens with one attached hydrogen (secondary N) is 2. The first-order valence-corrected chi connectivity index (χ1v) is 6.29. The average Bonchev–Trinajstić information content (AvgIpc) is 2.36. The molecule has 0 aromatic heterocycles. The van der Waals surface area contributed by atoms with Gasteiger partial charge in [0.2, 0.25) is 5.91 Å². The van der Waals surface area contributed by atoms with Crippen molar-refractivity contribution in [3.63, 3.8) is 0 Å². The van der Waals surface area contributed by atoms with E-state index in [1.54, 1.807) is 14.0 Å². The van der Waals surface area contributed by atoms with Crippen molar-refractivity contribution in [2.45, 2.75) is 32.2 Å². The number of piperidine rings is 1. The van der Waals surface area contributed by atoms with Gasteiger partial charge in [0.05, 0.1) is 12.0 Å². The minimum Gasteiger partial charge on any atom is -0.480 e. The Bertz CT molecular complexity index is 295. The van der Waals surface area contributed by atoms with Crippen molar-refractivity contribution < 1.29 is 19.4 Å². The molecule has 0 spiro atoms. The van der Waals surface area contributed by atoms with Crippen molar-refractivity contribution in [1.82, 2.24) is 10.6 Å². The molecule has 1 amide bonds. The number of carbonyl (C=O) groups is 2. The predicted molar refractivity (Wildman–Crippen MR) is 66.3 cm³/mol. The van der Waals surface area contributed by atoms with Crippen LogP contribution < -0.4 is 10.6 Å². The number of methoxy groups -OCH3 is 1. The molecule has 104 valence electrons. The van der Waals surface area contributed by atoms with Crippen molar-refractivity contribution in [3.8, 4) is 0 Å². The van der Waals surface area contributed by atoms with Crippen molar-refractivity contribution in [2.24, 2.45) is 5.41 Å². The molecule has 1 aliphatic heterocycles. The third-order valence-electron chi connectivity index (χ3n) is 3.47. The lowest BCUT2D eigenvalue weighted by atomic mass is 9.78. The molecule has 18 heavy (non-hydrogen) atoms. The average molecular weight is 258 g/mol. The number of aliphatic carboxylic acids is 1. The third kappa shape index (κ3) is 3.43. The molecule has 0 aromatic rings. The molecule has 3 N–H and O–H groups in total. The van der Waals surface area contributed by atoms with Crippen LogP contribution in [0.15, 0.2) is 0 Å². The quantitative estimate of drug-likeness (QED) is 0.623. The normalized spacial score (nSPS) is 20.1. The fourth-order valence-corrected chi connectivity index (χ4v) is 2.27. The Morgan fingerprint density at radius 1 is 1.44 bits per heavy atom. The van der Waals surface area contributed by atoms with Crippen LogP contribution in [-0.4, -0.2) is 49.8 Å². The maximum absolute atomic E-state index is 12.3. The smallest absolute Gasteiger partial charge is 0.326 e. The van der Waals surface area contributed by atoms with Crippen molar-refractivity contribution in [1.29, 1.82) is 0 Å². The fraction of sp³-hybridized carbons (Fsp3) is 0.833. The molecular formula is C12H22N2O4. The molecule has 0 aliphatic carbocycles. The number of hydrogen-bond acceptors (Lipinski definition) is 4. The summed E-state index contributed by atoms with van der Waals surface area (Å²) in [4.78, 5) is 23.3. The number of carbonyl (C=O) groups excluding carboxylic acids is 1. The van der Waals surface area contributed by atoms with Gasteiger partial charge in [-0.15, -0.1) is 0 Å². The van der Waals surface area contributed by atoms with E-state index >= 15 is 0 Å². The van der Waals surface area contributed by atoms with Gasteiger partial charge in [0.1, 0.15) is 6.04 Å². The molecule has 1 aliphatic rings. The van der Waals surface area contributed by atoms with E-state index in [-0.39, 0.29) is 5.91 Å². The van der Waals surface area contributed by atoms with E-state index in [2.05, 4.69) is 10.6 Å². The zero-order valence-electron chi connectivity index (χ0n) is 11.0. The Kier molecular flexibility index (Phi) is 5.55. The van der Waals surface area contributed by atoms with Gasteiger partial charge in [-0.25, -0.2) is 4.79 Å². The van der Waals surface area contributed by atoms with Crippen LogP contribution in [0.3, 0.4) is 0 Å². The summed E-state index contributed by atoms with van der Waals surface area (Å²) in [6.07, 6.45) is 1.72. The summed E-state index contributed by atoms with van der Waals surface area (Å²) >= 11 is 0. The van der Waals surface area contributed by atoms with Crippen LogP contribution in [0.4, 0.5) is 0 Å². The topological polar surface area (TPSA) is 87.7 Å². The molecular weight excluding hydrogens is 236 g/mol. The van der Waals surface area contributed by atoms with Crippen LogP contribution in [0.5, 0.6) is 0 Å². The van der Waals surface area contributed by atoms with E-state index in [4.69, 9.17) is 9.84 Å². The van der Waals surface area contributed by atoms with Gasteiger partial charge in [0.25, 0.3) is 0 Å². The highest BCUT2D eigenvalue weighted by atomic mass is 16.5. The predicted octanol–water partition coefficient (Wildman–Crippen LogP) is -0.0180. The highest BCUT2D eigenvalue weighted by molar-refractivity contribution is 5.87. The summed E-state index contributed by atoms with van der Waals surface area (Å²) in [6.45, 7) is 3.57. The third-order valence-corrected chi connectivity index (χ3v) is 3.47. The van der Waals surface area contributed by atoms with E-state index in [0.29, 0.717) is 25.9 Å². The molecule has 1 fully saturated rings. The monoisotopic (exact) mass is 258 g/mol. The molecule has 6 nitrogen and oxygen atoms in total. The lowest BCUT2D eigenvalue weighted by molar-refractivity contribution is -0.146. The Labute approximate surface area is 107 Å². The summed E-state index contributed by atoms with van der Waals surface area (Å²) in [5.41, 5.74) is -0.594. The number of ether oxygens (including phenoxy) is 1. The lowest BCUT2D eigenvalue weighted by Crippen LogP contribution is -2.53. The number of amides is 1. The van der Waals surface area contributed by atoms with E-state index in [9.17, 15) is 9.59 Å². The summed E-state index contributed by atoms with van der Waals surface area (Å²) in [5, 5.41) is 14.8. The standard InChI is InChI=1S/C12H22N2O4/c1-3-9(10(15)16)14-11(17)12(8-18-2)4-6-13-7-5-12/h9,13H,3-8H2,1-2H3,(H,14,17)(H,15,16)/t9-/m1/s1. The number of carboxylic acid groups (broad SMARTS) is 1. The zero-order chi connectivity index (χ0) is 13.6. The SMILES string of the molecule is CC[C@@H](NC(=O)C1(COC)CCNCC1)C(=O)O. The van der Waals surface area contributed by atoms with Gasteiger partial charge in [-0.05, 0) is 32.4 Å². The van der Waals surface area contributed by atoms with Gasteiger partial charge in [-0.2, -0.15) is 0 Å². The number of rotatable bonds is 6. The fourth-order valence-electron chi connectivity index (χ4n) is 2.27. The molecule has 6 heteroatoms. The van der Waals surface area contributed by atoms with Gasteiger partial charge >= 0.3 is 5.97 Å². The van der Waals surface area contributed by atoms with Gasteiger partial charge in [0.15, 0.2) is 0 Å². The second-order valence-corrected chi connectivity index (χ2v) is 4.74. The summed E-state index contributed by atoms with van der Waals surface area (Å²) in [6, 6.07) is -0.818. The second kappa shape index (κ2) is 6.70. The maximum Gasteiger partial charge on any atom is 0.326 e. The highest BCUT2D eigenvalue weighted by Gasteiger charge is 2.40. The Morgan fingerprint density at radius 2 is 2.06 bits per heavy atom. The first-order valence-electron chi connectivity index (χ1n) is 6.29. The minimum atomic E-state index is -0.993. The second-order valence-electron chi connectivity index (χ2n) is 4.74. The Morgan fingerprint density at radius 3 is 2.50 bits per heavy atom. The molecule has 1 heterocycles. The summed E-state index contributed by atoms with van der Waals surface area (Å²) in [7, 11) is 1.56. The molecule has 1 atom stereocenters. The number of hydrogen-bond donors (Lipinski definition) is 3. The van der Waals surface area contributed by atoms with Gasteiger partial charge in [0, 0.05) is 7.11 Å². The molecule has 0 bridgehead atoms. The molecule has 1 rings (SSSR count). The van der Waals surface area contributed by atoms with E-state index < -0.39 is 17.4 Å². The first kappa shape index (κ1) is 14.9. The molecule has 0 unspecified atom stereocenters. The van der Waals surface area contributed by atoms with Gasteiger partial charge in [-0.3, -0.25) is 4.79 Å². The Hall–Kier alpha value is -1.14. The van der Waals surface area contributed by atoms with E-state index in [1.807, 2.05) is 0 Å². The van der Waals surface area contributed by atoms with Crippen molar-refractivity contribution >= 4 is 11.9 Å². The van der Waals surface area contributed by atoms with Gasteiger partial charge in [-0.1, -0.05) is 6.92 Å².